The summed E-state index contributed by atoms with van der Waals surface area (Å²) in [5.41, 5.74) is 2.12. The zero-order valence-corrected chi connectivity index (χ0v) is 12.5. The van der Waals surface area contributed by atoms with E-state index in [-0.39, 0.29) is 0 Å². The molecule has 2 heterocycles. The Labute approximate surface area is 116 Å². The van der Waals surface area contributed by atoms with E-state index in [2.05, 4.69) is 43.9 Å². The molecule has 2 rings (SSSR count). The fourth-order valence-electron chi connectivity index (χ4n) is 2.05. The van der Waals surface area contributed by atoms with Crippen LogP contribution in [-0.4, -0.2) is 33.0 Å². The fourth-order valence-corrected chi connectivity index (χ4v) is 2.48. The highest BCUT2D eigenvalue weighted by Crippen LogP contribution is 2.20. The maximum absolute atomic E-state index is 4.54. The van der Waals surface area contributed by atoms with Gasteiger partial charge in [0, 0.05) is 30.8 Å². The van der Waals surface area contributed by atoms with Gasteiger partial charge in [-0.3, -0.25) is 0 Å². The number of alkyl halides is 1. The molecule has 0 N–H and O–H groups in total. The number of anilines is 1. The first-order valence-electron chi connectivity index (χ1n) is 6.38. The normalized spacial score (nSPS) is 11.1. The first kappa shape index (κ1) is 13.3. The summed E-state index contributed by atoms with van der Waals surface area (Å²) in [5, 5.41) is 5.39. The van der Waals surface area contributed by atoms with E-state index in [0.29, 0.717) is 0 Å². The third-order valence-electron chi connectivity index (χ3n) is 2.93. The molecule has 0 spiro atoms. The van der Waals surface area contributed by atoms with Crippen molar-refractivity contribution in [2.75, 3.05) is 23.3 Å². The first-order chi connectivity index (χ1) is 8.76. The summed E-state index contributed by atoms with van der Waals surface area (Å²) in [6.45, 7) is 6.23. The number of nitrogens with zero attached hydrogens (tertiary/aromatic N) is 4. The van der Waals surface area contributed by atoms with E-state index < -0.39 is 0 Å². The molecule has 0 unspecified atom stereocenters. The maximum Gasteiger partial charge on any atom is 0.154 e. The Kier molecular flexibility index (Phi) is 4.58. The third kappa shape index (κ3) is 2.83. The molecule has 98 valence electrons. The van der Waals surface area contributed by atoms with Gasteiger partial charge in [-0.15, -0.1) is 0 Å². The zero-order valence-electron chi connectivity index (χ0n) is 10.9. The Morgan fingerprint density at radius 1 is 1.39 bits per heavy atom. The van der Waals surface area contributed by atoms with Crippen LogP contribution in [0.15, 0.2) is 18.5 Å². The number of unbranched alkanes of at least 4 members (excludes halogenated alkanes) is 1. The molecule has 0 saturated carbocycles. The van der Waals surface area contributed by atoms with E-state index in [0.717, 1.165) is 35.4 Å². The second-order valence-corrected chi connectivity index (χ2v) is 5.19. The average molecular weight is 311 g/mol. The average Bonchev–Trinajstić information content (AvgIpc) is 2.74. The van der Waals surface area contributed by atoms with Crippen molar-refractivity contribution in [3.63, 3.8) is 0 Å². The van der Waals surface area contributed by atoms with Crippen molar-refractivity contribution in [1.29, 1.82) is 0 Å². The number of hydrogen-bond acceptors (Lipinski definition) is 3. The molecule has 5 heteroatoms. The SMILES string of the molecule is CCCCN(CCBr)c1nccn2nc(C)cc12. The maximum atomic E-state index is 4.54. The smallest absolute Gasteiger partial charge is 0.154 e. The lowest BCUT2D eigenvalue weighted by atomic mass is 10.3. The Hall–Kier alpha value is -1.10. The highest BCUT2D eigenvalue weighted by molar-refractivity contribution is 9.09. The van der Waals surface area contributed by atoms with Gasteiger partial charge in [0.05, 0.1) is 5.69 Å². The number of aromatic nitrogens is 3. The highest BCUT2D eigenvalue weighted by Gasteiger charge is 2.12. The van der Waals surface area contributed by atoms with E-state index in [9.17, 15) is 0 Å². The Morgan fingerprint density at radius 2 is 2.22 bits per heavy atom. The molecule has 0 atom stereocenters. The van der Waals surface area contributed by atoms with Crippen LogP contribution >= 0.6 is 15.9 Å². The van der Waals surface area contributed by atoms with Gasteiger partial charge in [0.1, 0.15) is 5.52 Å². The minimum absolute atomic E-state index is 0.951. The fraction of sp³-hybridized carbons (Fsp3) is 0.538. The Bertz CT molecular complexity index is 509. The van der Waals surface area contributed by atoms with Crippen LogP contribution in [-0.2, 0) is 0 Å². The van der Waals surface area contributed by atoms with Crippen LogP contribution in [0, 0.1) is 6.92 Å². The predicted molar refractivity (Wildman–Crippen MR) is 78.6 cm³/mol. The van der Waals surface area contributed by atoms with Gasteiger partial charge in [-0.1, -0.05) is 29.3 Å². The molecular weight excluding hydrogens is 292 g/mol. The second-order valence-electron chi connectivity index (χ2n) is 4.40. The van der Waals surface area contributed by atoms with Crippen LogP contribution in [0.5, 0.6) is 0 Å². The molecule has 0 bridgehead atoms. The van der Waals surface area contributed by atoms with Gasteiger partial charge in [0.2, 0.25) is 0 Å². The topological polar surface area (TPSA) is 33.4 Å². The molecule has 0 amide bonds. The third-order valence-corrected chi connectivity index (χ3v) is 3.28. The number of halogens is 1. The summed E-state index contributed by atoms with van der Waals surface area (Å²) < 4.78 is 1.91. The van der Waals surface area contributed by atoms with Gasteiger partial charge in [0.25, 0.3) is 0 Å². The molecule has 2 aromatic heterocycles. The standard InChI is InChI=1S/C13H19BrN4/c1-3-4-7-17(8-5-14)13-12-10-11(2)16-18(12)9-6-15-13/h6,9-10H,3-5,7-8H2,1-2H3. The van der Waals surface area contributed by atoms with Gasteiger partial charge in [-0.25, -0.2) is 9.50 Å². The molecule has 0 aliphatic carbocycles. The van der Waals surface area contributed by atoms with E-state index in [4.69, 9.17) is 0 Å². The molecule has 0 aromatic carbocycles. The molecule has 0 saturated heterocycles. The van der Waals surface area contributed by atoms with Crippen molar-refractivity contribution in [1.82, 2.24) is 14.6 Å². The van der Waals surface area contributed by atoms with E-state index in [1.807, 2.05) is 23.8 Å². The summed E-state index contributed by atoms with van der Waals surface area (Å²) in [5.74, 6) is 1.03. The van der Waals surface area contributed by atoms with Crippen LogP contribution in [0.2, 0.25) is 0 Å². The molecular formula is C13H19BrN4. The van der Waals surface area contributed by atoms with E-state index in [1.54, 1.807) is 0 Å². The van der Waals surface area contributed by atoms with Gasteiger partial charge < -0.3 is 4.90 Å². The lowest BCUT2D eigenvalue weighted by Gasteiger charge is -2.23. The van der Waals surface area contributed by atoms with Crippen LogP contribution in [0.1, 0.15) is 25.5 Å². The van der Waals surface area contributed by atoms with Crippen molar-refractivity contribution >= 4 is 27.3 Å². The molecule has 18 heavy (non-hydrogen) atoms. The Balaban J connectivity index is 2.36. The van der Waals surface area contributed by atoms with Crippen molar-refractivity contribution in [3.8, 4) is 0 Å². The van der Waals surface area contributed by atoms with Crippen LogP contribution in [0.25, 0.3) is 5.52 Å². The lowest BCUT2D eigenvalue weighted by molar-refractivity contribution is 0.726. The Morgan fingerprint density at radius 3 is 2.94 bits per heavy atom. The molecule has 0 aliphatic rings. The number of fused-ring (bicyclic) bond motifs is 1. The van der Waals surface area contributed by atoms with Gasteiger partial charge in [0.15, 0.2) is 5.82 Å². The summed E-state index contributed by atoms with van der Waals surface area (Å²) >= 11 is 3.52. The molecule has 2 aromatic rings. The quantitative estimate of drug-likeness (QED) is 0.769. The summed E-state index contributed by atoms with van der Waals surface area (Å²) in [6, 6.07) is 2.09. The number of rotatable bonds is 6. The van der Waals surface area contributed by atoms with Crippen molar-refractivity contribution in [2.24, 2.45) is 0 Å². The molecule has 0 fully saturated rings. The highest BCUT2D eigenvalue weighted by atomic mass is 79.9. The van der Waals surface area contributed by atoms with Crippen molar-refractivity contribution < 1.29 is 0 Å². The minimum atomic E-state index is 0.951. The number of aryl methyl sites for hydroxylation is 1. The molecule has 4 nitrogen and oxygen atoms in total. The summed E-state index contributed by atoms with van der Waals surface area (Å²) in [6.07, 6.45) is 6.10. The summed E-state index contributed by atoms with van der Waals surface area (Å²) in [4.78, 5) is 6.86. The first-order valence-corrected chi connectivity index (χ1v) is 7.50. The van der Waals surface area contributed by atoms with E-state index in [1.165, 1.54) is 12.8 Å². The monoisotopic (exact) mass is 310 g/mol. The molecule has 0 radical (unpaired) electrons. The van der Waals surface area contributed by atoms with Crippen LogP contribution < -0.4 is 4.90 Å². The van der Waals surface area contributed by atoms with E-state index >= 15 is 0 Å². The lowest BCUT2D eigenvalue weighted by Crippen LogP contribution is -2.27. The molecule has 0 aliphatic heterocycles. The van der Waals surface area contributed by atoms with Crippen molar-refractivity contribution in [3.05, 3.63) is 24.2 Å². The van der Waals surface area contributed by atoms with Gasteiger partial charge in [-0.05, 0) is 19.4 Å². The van der Waals surface area contributed by atoms with Gasteiger partial charge in [-0.2, -0.15) is 5.10 Å². The largest absolute Gasteiger partial charge is 0.354 e. The van der Waals surface area contributed by atoms with Crippen molar-refractivity contribution in [2.45, 2.75) is 26.7 Å². The number of hydrogen-bond donors (Lipinski definition) is 0. The zero-order chi connectivity index (χ0) is 13.0. The van der Waals surface area contributed by atoms with Gasteiger partial charge >= 0.3 is 0 Å². The van der Waals surface area contributed by atoms with Crippen LogP contribution in [0.4, 0.5) is 5.82 Å². The summed E-state index contributed by atoms with van der Waals surface area (Å²) in [7, 11) is 0. The second kappa shape index (κ2) is 6.18. The predicted octanol–water partition coefficient (Wildman–Crippen LogP) is 3.04. The van der Waals surface area contributed by atoms with Crippen LogP contribution in [0.3, 0.4) is 0 Å². The minimum Gasteiger partial charge on any atom is -0.354 e.